The summed E-state index contributed by atoms with van der Waals surface area (Å²) < 4.78 is 6.76. The molecule has 1 amide bonds. The first kappa shape index (κ1) is 24.1. The minimum atomic E-state index is -0.481. The number of nitrogens with zero attached hydrogens (tertiary/aromatic N) is 5. The van der Waals surface area contributed by atoms with Crippen molar-refractivity contribution in [1.82, 2.24) is 9.55 Å². The molecule has 1 aliphatic rings. The van der Waals surface area contributed by atoms with Crippen LogP contribution >= 0.6 is 11.8 Å². The van der Waals surface area contributed by atoms with Gasteiger partial charge in [0.1, 0.15) is 21.6 Å². The summed E-state index contributed by atoms with van der Waals surface area (Å²) in [6.07, 6.45) is 0.790. The van der Waals surface area contributed by atoms with Crippen LogP contribution in [-0.4, -0.2) is 38.4 Å². The largest absolute Gasteiger partial charge is 0.497 e. The molecule has 4 rings (SSSR count). The Morgan fingerprint density at radius 2 is 1.69 bits per heavy atom. The molecule has 0 spiro atoms. The topological polar surface area (TPSA) is 120 Å². The van der Waals surface area contributed by atoms with Gasteiger partial charge in [-0.25, -0.2) is 4.98 Å². The second kappa shape index (κ2) is 10.1. The van der Waals surface area contributed by atoms with Crippen LogP contribution in [0.1, 0.15) is 48.4 Å². The molecule has 0 atom stereocenters. The molecule has 2 heterocycles. The Morgan fingerprint density at radius 1 is 1.03 bits per heavy atom. The molecule has 11 heteroatoms. The van der Waals surface area contributed by atoms with Gasteiger partial charge in [-0.1, -0.05) is 26.0 Å². The summed E-state index contributed by atoms with van der Waals surface area (Å²) in [5, 5.41) is 17.7. The van der Waals surface area contributed by atoms with Crippen LogP contribution in [0.5, 0.6) is 5.75 Å². The summed E-state index contributed by atoms with van der Waals surface area (Å²) in [6.45, 7) is 3.48. The molecule has 0 radical (unpaired) electrons. The monoisotopic (exact) mass is 493 g/mol. The summed E-state index contributed by atoms with van der Waals surface area (Å²) in [5.41, 5.74) is 1.46. The molecular formula is C24H23N5O5S. The number of thioether (sulfide) groups is 1. The number of nitro benzene ring substituents is 1. The van der Waals surface area contributed by atoms with E-state index in [1.807, 2.05) is 24.3 Å². The molecule has 0 fully saturated rings. The molecule has 1 aliphatic heterocycles. The molecule has 0 unspecified atom stereocenters. The Balaban J connectivity index is 1.79. The predicted molar refractivity (Wildman–Crippen MR) is 132 cm³/mol. The zero-order valence-corrected chi connectivity index (χ0v) is 20.2. The first-order valence-corrected chi connectivity index (χ1v) is 11.8. The van der Waals surface area contributed by atoms with Crippen LogP contribution in [0.25, 0.3) is 0 Å². The van der Waals surface area contributed by atoms with Gasteiger partial charge in [0, 0.05) is 37.0 Å². The van der Waals surface area contributed by atoms with Gasteiger partial charge in [-0.05, 0) is 41.6 Å². The van der Waals surface area contributed by atoms with Crippen molar-refractivity contribution in [2.75, 3.05) is 12.1 Å². The Hall–Kier alpha value is -3.99. The fourth-order valence-electron chi connectivity index (χ4n) is 3.54. The van der Waals surface area contributed by atoms with Gasteiger partial charge < -0.3 is 4.74 Å². The number of ether oxygens (including phenoxy) is 1. The zero-order chi connectivity index (χ0) is 25.1. The number of hydrogen-bond donors (Lipinski definition) is 0. The zero-order valence-electron chi connectivity index (χ0n) is 19.4. The number of carbonyl (C=O) groups is 2. The fourth-order valence-corrected chi connectivity index (χ4v) is 4.62. The summed E-state index contributed by atoms with van der Waals surface area (Å²) in [5.74, 6) is 1.07. The first-order valence-electron chi connectivity index (χ1n) is 11.0. The quantitative estimate of drug-likeness (QED) is 0.347. The van der Waals surface area contributed by atoms with Gasteiger partial charge in [0.05, 0.1) is 12.0 Å². The maximum Gasteiger partial charge on any atom is 0.269 e. The van der Waals surface area contributed by atoms with E-state index in [4.69, 9.17) is 4.74 Å². The predicted octanol–water partition coefficient (Wildman–Crippen LogP) is 4.65. The summed E-state index contributed by atoms with van der Waals surface area (Å²) in [6, 6.07) is 13.4. The number of imidazole rings is 1. The second-order valence-corrected chi connectivity index (χ2v) is 8.61. The van der Waals surface area contributed by atoms with Crippen molar-refractivity contribution in [1.29, 1.82) is 0 Å². The SMILES string of the molecule is CCC(=O)N1N=C(c2ccc([N+](=O)[O-])cc2)Sc2c1nc(Cc1ccc(OC)cc1)n2C(=O)CC. The van der Waals surface area contributed by atoms with Gasteiger partial charge in [-0.3, -0.25) is 24.3 Å². The average Bonchev–Trinajstić information content (AvgIpc) is 3.25. The third-order valence-electron chi connectivity index (χ3n) is 5.41. The van der Waals surface area contributed by atoms with Crippen molar-refractivity contribution in [2.45, 2.75) is 38.1 Å². The van der Waals surface area contributed by atoms with E-state index in [2.05, 4.69) is 10.1 Å². The Bertz CT molecular complexity index is 1320. The van der Waals surface area contributed by atoms with E-state index in [-0.39, 0.29) is 30.3 Å². The number of fused-ring (bicyclic) bond motifs is 1. The van der Waals surface area contributed by atoms with Crippen molar-refractivity contribution in [3.8, 4) is 5.75 Å². The minimum Gasteiger partial charge on any atom is -0.497 e. The molecule has 0 saturated heterocycles. The maximum absolute atomic E-state index is 13.0. The van der Waals surface area contributed by atoms with Gasteiger partial charge in [0.2, 0.25) is 11.8 Å². The Kier molecular flexibility index (Phi) is 6.97. The first-order chi connectivity index (χ1) is 16.9. The normalized spacial score (nSPS) is 12.7. The third kappa shape index (κ3) is 4.80. The maximum atomic E-state index is 13.0. The van der Waals surface area contributed by atoms with E-state index < -0.39 is 4.92 Å². The Labute approximate surface area is 205 Å². The summed E-state index contributed by atoms with van der Waals surface area (Å²) in [7, 11) is 1.59. The number of benzene rings is 2. The van der Waals surface area contributed by atoms with Crippen LogP contribution in [-0.2, 0) is 11.2 Å². The number of hydrazone groups is 1. The van der Waals surface area contributed by atoms with Crippen molar-refractivity contribution < 1.29 is 19.2 Å². The number of methoxy groups -OCH3 is 1. The smallest absolute Gasteiger partial charge is 0.269 e. The van der Waals surface area contributed by atoms with Crippen molar-refractivity contribution in [2.24, 2.45) is 5.10 Å². The van der Waals surface area contributed by atoms with E-state index in [9.17, 15) is 19.7 Å². The number of carbonyl (C=O) groups excluding carboxylic acids is 2. The van der Waals surface area contributed by atoms with Crippen LogP contribution in [0, 0.1) is 10.1 Å². The molecule has 35 heavy (non-hydrogen) atoms. The van der Waals surface area contributed by atoms with E-state index in [0.717, 1.165) is 11.3 Å². The van der Waals surface area contributed by atoms with Gasteiger partial charge >= 0.3 is 0 Å². The lowest BCUT2D eigenvalue weighted by Gasteiger charge is -2.22. The van der Waals surface area contributed by atoms with E-state index in [1.54, 1.807) is 37.7 Å². The highest BCUT2D eigenvalue weighted by atomic mass is 32.2. The Morgan fingerprint density at radius 3 is 2.26 bits per heavy atom. The molecule has 0 saturated carbocycles. The number of aromatic nitrogens is 2. The molecule has 2 aromatic carbocycles. The number of amides is 1. The van der Waals surface area contributed by atoms with Crippen LogP contribution in [0.4, 0.5) is 11.5 Å². The lowest BCUT2D eigenvalue weighted by molar-refractivity contribution is -0.384. The summed E-state index contributed by atoms with van der Waals surface area (Å²) >= 11 is 1.21. The molecule has 1 aromatic heterocycles. The molecule has 3 aromatic rings. The second-order valence-electron chi connectivity index (χ2n) is 7.63. The molecule has 0 bridgehead atoms. The van der Waals surface area contributed by atoms with Gasteiger partial charge in [0.25, 0.3) is 5.69 Å². The van der Waals surface area contributed by atoms with E-state index in [0.29, 0.717) is 33.7 Å². The van der Waals surface area contributed by atoms with Crippen molar-refractivity contribution >= 4 is 40.1 Å². The van der Waals surface area contributed by atoms with Crippen molar-refractivity contribution in [3.63, 3.8) is 0 Å². The fraction of sp³-hybridized carbons (Fsp3) is 0.250. The lowest BCUT2D eigenvalue weighted by Crippen LogP contribution is -2.29. The highest BCUT2D eigenvalue weighted by Crippen LogP contribution is 2.39. The van der Waals surface area contributed by atoms with Gasteiger partial charge in [-0.15, -0.1) is 0 Å². The molecule has 180 valence electrons. The van der Waals surface area contributed by atoms with Gasteiger partial charge in [-0.2, -0.15) is 10.1 Å². The molecule has 0 N–H and O–H groups in total. The minimum absolute atomic E-state index is 0.0506. The number of nitro groups is 1. The van der Waals surface area contributed by atoms with E-state index >= 15 is 0 Å². The third-order valence-corrected chi connectivity index (χ3v) is 6.48. The molecule has 0 aliphatic carbocycles. The number of hydrogen-bond acceptors (Lipinski definition) is 8. The molecule has 10 nitrogen and oxygen atoms in total. The lowest BCUT2D eigenvalue weighted by atomic mass is 10.1. The van der Waals surface area contributed by atoms with E-state index in [1.165, 1.54) is 28.9 Å². The summed E-state index contributed by atoms with van der Waals surface area (Å²) in [4.78, 5) is 41.1. The number of rotatable bonds is 7. The van der Waals surface area contributed by atoms with Crippen molar-refractivity contribution in [3.05, 3.63) is 75.6 Å². The van der Waals surface area contributed by atoms with Crippen LogP contribution in [0.3, 0.4) is 0 Å². The highest BCUT2D eigenvalue weighted by molar-refractivity contribution is 8.14. The van der Waals surface area contributed by atoms with Crippen LogP contribution in [0.2, 0.25) is 0 Å². The average molecular weight is 494 g/mol. The number of anilines is 1. The standard InChI is InChI=1S/C24H23N5O5S/c1-4-20(30)27-19(14-15-6-12-18(34-3)13-7-15)25-22-24(27)35-23(26-28(22)21(31)5-2)16-8-10-17(11-9-16)29(32)33/h6-13H,4-5,14H2,1-3H3. The van der Waals surface area contributed by atoms with Gasteiger partial charge in [0.15, 0.2) is 5.82 Å². The molecular weight excluding hydrogens is 470 g/mol. The van der Waals surface area contributed by atoms with Crippen LogP contribution < -0.4 is 9.75 Å². The number of non-ortho nitro benzene ring substituents is 1. The van der Waals surface area contributed by atoms with Crippen LogP contribution in [0.15, 0.2) is 58.7 Å². The highest BCUT2D eigenvalue weighted by Gasteiger charge is 2.33.